The van der Waals surface area contributed by atoms with E-state index in [9.17, 15) is 10.2 Å². The molecule has 0 spiro atoms. The highest BCUT2D eigenvalue weighted by molar-refractivity contribution is 4.81. The molecule has 0 aliphatic carbocycles. The molecule has 0 aromatic rings. The Balaban J connectivity index is 2.48. The fourth-order valence-corrected chi connectivity index (χ4v) is 1.21. The molecule has 0 saturated carbocycles. The van der Waals surface area contributed by atoms with Crippen LogP contribution in [0.25, 0.3) is 0 Å². The highest BCUT2D eigenvalue weighted by atomic mass is 16.5. The highest BCUT2D eigenvalue weighted by Gasteiger charge is 2.32. The quantitative estimate of drug-likeness (QED) is 0.456. The largest absolute Gasteiger partial charge is 0.394 e. The Labute approximate surface area is 65.4 Å². The number of ether oxygens (including phenoxy) is 1. The Morgan fingerprint density at radius 2 is 2.00 bits per heavy atom. The minimum Gasteiger partial charge on any atom is -0.394 e. The molecule has 0 amide bonds. The zero-order valence-corrected chi connectivity index (χ0v) is 6.47. The average Bonchev–Trinajstić information content (AvgIpc) is 1.97. The molecule has 4 heteroatoms. The van der Waals surface area contributed by atoms with Gasteiger partial charge >= 0.3 is 0 Å². The van der Waals surface area contributed by atoms with Crippen molar-refractivity contribution in [3.63, 3.8) is 0 Å². The van der Waals surface area contributed by atoms with Crippen molar-refractivity contribution < 1.29 is 20.1 Å². The molecule has 4 nitrogen and oxygen atoms in total. The predicted molar refractivity (Wildman–Crippen MR) is 38.1 cm³/mol. The van der Waals surface area contributed by atoms with Gasteiger partial charge in [-0.25, -0.2) is 0 Å². The number of aliphatic hydroxyl groups is 3. The van der Waals surface area contributed by atoms with Crippen LogP contribution in [0.5, 0.6) is 0 Å². The van der Waals surface area contributed by atoms with E-state index in [1.165, 1.54) is 0 Å². The molecule has 1 fully saturated rings. The van der Waals surface area contributed by atoms with E-state index in [1.807, 2.05) is 0 Å². The smallest absolute Gasteiger partial charge is 0.107 e. The van der Waals surface area contributed by atoms with Crippen molar-refractivity contribution in [1.29, 1.82) is 0 Å². The standard InChI is InChI=1S/C7H14O4/c1-4-5(9)2-6(10)7(3-8)11-4/h4-10H,2-3H2,1H3/t4?,5-,6?,7?/m0/s1. The van der Waals surface area contributed by atoms with Crippen LogP contribution >= 0.6 is 0 Å². The fraction of sp³-hybridized carbons (Fsp3) is 1.00. The summed E-state index contributed by atoms with van der Waals surface area (Å²) in [5, 5.41) is 27.1. The highest BCUT2D eigenvalue weighted by Crippen LogP contribution is 2.19. The minimum absolute atomic E-state index is 0.196. The van der Waals surface area contributed by atoms with Crippen LogP contribution in [-0.2, 0) is 4.74 Å². The van der Waals surface area contributed by atoms with E-state index in [4.69, 9.17) is 9.84 Å². The maximum absolute atomic E-state index is 9.21. The monoisotopic (exact) mass is 162 g/mol. The average molecular weight is 162 g/mol. The summed E-state index contributed by atoms with van der Waals surface area (Å²) in [6, 6.07) is 0. The molecule has 0 radical (unpaired) electrons. The molecular weight excluding hydrogens is 148 g/mol. The minimum atomic E-state index is -0.744. The van der Waals surface area contributed by atoms with E-state index >= 15 is 0 Å². The van der Waals surface area contributed by atoms with Gasteiger partial charge in [-0.05, 0) is 6.92 Å². The summed E-state index contributed by atoms with van der Waals surface area (Å²) >= 11 is 0. The van der Waals surface area contributed by atoms with Gasteiger partial charge in [0.15, 0.2) is 0 Å². The van der Waals surface area contributed by atoms with Crippen molar-refractivity contribution in [2.24, 2.45) is 0 Å². The van der Waals surface area contributed by atoms with Crippen LogP contribution in [0.3, 0.4) is 0 Å². The third-order valence-electron chi connectivity index (χ3n) is 2.02. The summed E-state index contributed by atoms with van der Waals surface area (Å²) in [4.78, 5) is 0. The second-order valence-corrected chi connectivity index (χ2v) is 2.93. The SMILES string of the molecule is CC1OC(CO)C(O)C[C@@H]1O. The summed E-state index contributed by atoms with van der Waals surface area (Å²) in [6.07, 6.45) is -1.91. The van der Waals surface area contributed by atoms with Crippen molar-refractivity contribution >= 4 is 0 Å². The summed E-state index contributed by atoms with van der Waals surface area (Å²) in [5.41, 5.74) is 0. The molecule has 0 aromatic carbocycles. The summed E-state index contributed by atoms with van der Waals surface area (Å²) in [6.45, 7) is 1.53. The molecule has 3 N–H and O–H groups in total. The van der Waals surface area contributed by atoms with E-state index in [1.54, 1.807) is 6.92 Å². The Bertz CT molecular complexity index is 128. The Hall–Kier alpha value is -0.160. The molecule has 66 valence electrons. The maximum Gasteiger partial charge on any atom is 0.107 e. The molecule has 1 saturated heterocycles. The van der Waals surface area contributed by atoms with E-state index in [0.717, 1.165) is 0 Å². The third kappa shape index (κ3) is 1.90. The lowest BCUT2D eigenvalue weighted by molar-refractivity contribution is -0.173. The van der Waals surface area contributed by atoms with Crippen molar-refractivity contribution in [3.8, 4) is 0 Å². The Kier molecular flexibility index (Phi) is 2.84. The Morgan fingerprint density at radius 1 is 1.36 bits per heavy atom. The number of hydrogen-bond acceptors (Lipinski definition) is 4. The third-order valence-corrected chi connectivity index (χ3v) is 2.02. The van der Waals surface area contributed by atoms with Crippen LogP contribution in [-0.4, -0.2) is 46.3 Å². The normalized spacial score (nSPS) is 45.8. The molecule has 11 heavy (non-hydrogen) atoms. The number of rotatable bonds is 1. The number of aliphatic hydroxyl groups excluding tert-OH is 3. The molecule has 3 unspecified atom stereocenters. The van der Waals surface area contributed by atoms with E-state index in [0.29, 0.717) is 0 Å². The molecule has 1 heterocycles. The molecule has 1 aliphatic rings. The molecule has 4 atom stereocenters. The van der Waals surface area contributed by atoms with Crippen LogP contribution in [0, 0.1) is 0 Å². The zero-order valence-electron chi connectivity index (χ0n) is 6.47. The van der Waals surface area contributed by atoms with Crippen LogP contribution < -0.4 is 0 Å². The first-order chi connectivity index (χ1) is 5.15. The van der Waals surface area contributed by atoms with Crippen molar-refractivity contribution in [2.75, 3.05) is 6.61 Å². The van der Waals surface area contributed by atoms with Gasteiger partial charge in [0, 0.05) is 6.42 Å². The zero-order chi connectivity index (χ0) is 8.43. The van der Waals surface area contributed by atoms with Crippen molar-refractivity contribution in [2.45, 2.75) is 37.8 Å². The predicted octanol–water partition coefficient (Wildman–Crippen LogP) is -1.12. The van der Waals surface area contributed by atoms with E-state index in [2.05, 4.69) is 0 Å². The molecular formula is C7H14O4. The van der Waals surface area contributed by atoms with Gasteiger partial charge in [0.25, 0.3) is 0 Å². The fourth-order valence-electron chi connectivity index (χ4n) is 1.21. The second kappa shape index (κ2) is 3.49. The van der Waals surface area contributed by atoms with Crippen molar-refractivity contribution in [3.05, 3.63) is 0 Å². The first-order valence-corrected chi connectivity index (χ1v) is 3.77. The second-order valence-electron chi connectivity index (χ2n) is 2.93. The topological polar surface area (TPSA) is 69.9 Å². The first kappa shape index (κ1) is 8.93. The van der Waals surface area contributed by atoms with Crippen LogP contribution in [0.4, 0.5) is 0 Å². The summed E-state index contributed by atoms with van der Waals surface area (Å²) in [5.74, 6) is 0. The molecule has 0 bridgehead atoms. The lowest BCUT2D eigenvalue weighted by atomic mass is 10.00. The first-order valence-electron chi connectivity index (χ1n) is 3.77. The molecule has 1 aliphatic heterocycles. The van der Waals surface area contributed by atoms with Gasteiger partial charge in [-0.15, -0.1) is 0 Å². The van der Waals surface area contributed by atoms with Crippen LogP contribution in [0.2, 0.25) is 0 Å². The van der Waals surface area contributed by atoms with Crippen molar-refractivity contribution in [1.82, 2.24) is 0 Å². The lowest BCUT2D eigenvalue weighted by Gasteiger charge is -2.34. The van der Waals surface area contributed by atoms with Crippen LogP contribution in [0.1, 0.15) is 13.3 Å². The van der Waals surface area contributed by atoms with Gasteiger partial charge in [-0.2, -0.15) is 0 Å². The summed E-state index contributed by atoms with van der Waals surface area (Å²) < 4.78 is 5.11. The van der Waals surface area contributed by atoms with Crippen LogP contribution in [0.15, 0.2) is 0 Å². The van der Waals surface area contributed by atoms with Gasteiger partial charge in [-0.3, -0.25) is 0 Å². The summed E-state index contributed by atoms with van der Waals surface area (Å²) in [7, 11) is 0. The van der Waals surface area contributed by atoms with Gasteiger partial charge in [0.2, 0.25) is 0 Å². The van der Waals surface area contributed by atoms with Gasteiger partial charge in [0.05, 0.1) is 24.9 Å². The van der Waals surface area contributed by atoms with Gasteiger partial charge < -0.3 is 20.1 Å². The Morgan fingerprint density at radius 3 is 2.55 bits per heavy atom. The van der Waals surface area contributed by atoms with E-state index in [-0.39, 0.29) is 19.1 Å². The molecule has 1 rings (SSSR count). The van der Waals surface area contributed by atoms with Gasteiger partial charge in [-0.1, -0.05) is 0 Å². The molecule has 0 aromatic heterocycles. The lowest BCUT2D eigenvalue weighted by Crippen LogP contribution is -2.47. The van der Waals surface area contributed by atoms with E-state index < -0.39 is 18.3 Å². The van der Waals surface area contributed by atoms with Gasteiger partial charge in [0.1, 0.15) is 6.10 Å². The maximum atomic E-state index is 9.21. The number of hydrogen-bond donors (Lipinski definition) is 3.